The van der Waals surface area contributed by atoms with Crippen molar-refractivity contribution < 1.29 is 33.3 Å². The Balaban J connectivity index is 1.74. The van der Waals surface area contributed by atoms with E-state index >= 15 is 0 Å². The van der Waals surface area contributed by atoms with Crippen LogP contribution in [0.4, 0.5) is 0 Å². The zero-order chi connectivity index (χ0) is 22.9. The van der Waals surface area contributed by atoms with Gasteiger partial charge in [0.25, 0.3) is 0 Å². The maximum atomic E-state index is 11.8. The van der Waals surface area contributed by atoms with Crippen LogP contribution in [0, 0.1) is 0 Å². The van der Waals surface area contributed by atoms with E-state index in [2.05, 4.69) is 15.0 Å². The van der Waals surface area contributed by atoms with Gasteiger partial charge in [-0.1, -0.05) is 0 Å². The Morgan fingerprint density at radius 1 is 0.656 bits per heavy atom. The molecule has 10 nitrogen and oxygen atoms in total. The van der Waals surface area contributed by atoms with Crippen LogP contribution in [-0.2, 0) is 9.47 Å². The van der Waals surface area contributed by atoms with Crippen molar-refractivity contribution in [1.29, 1.82) is 0 Å². The van der Waals surface area contributed by atoms with Gasteiger partial charge in [-0.2, -0.15) is 0 Å². The van der Waals surface area contributed by atoms with Crippen molar-refractivity contribution >= 4 is 11.9 Å². The summed E-state index contributed by atoms with van der Waals surface area (Å²) < 4.78 is 26.3. The number of aromatic nitrogens is 3. The zero-order valence-electron chi connectivity index (χ0n) is 17.7. The van der Waals surface area contributed by atoms with Gasteiger partial charge >= 0.3 is 30.0 Å². The molecule has 166 valence electrons. The lowest BCUT2D eigenvalue weighted by Crippen LogP contribution is -2.05. The molecule has 3 aromatic rings. The van der Waals surface area contributed by atoms with Crippen LogP contribution in [0.3, 0.4) is 0 Å². The van der Waals surface area contributed by atoms with Gasteiger partial charge in [-0.25, -0.2) is 9.59 Å². The fraction of sp³-hybridized carbons (Fsp3) is 0.227. The number of ether oxygens (including phenoxy) is 5. The lowest BCUT2D eigenvalue weighted by molar-refractivity contribution is 0.0516. The number of carbonyl (C=O) groups excluding carboxylic acids is 2. The lowest BCUT2D eigenvalue weighted by atomic mass is 10.2. The number of hydrogen-bond acceptors (Lipinski definition) is 10. The van der Waals surface area contributed by atoms with E-state index in [1.807, 2.05) is 0 Å². The summed E-state index contributed by atoms with van der Waals surface area (Å²) >= 11 is 0. The molecule has 0 aliphatic rings. The van der Waals surface area contributed by atoms with Crippen LogP contribution < -0.4 is 14.2 Å². The molecule has 10 heteroatoms. The summed E-state index contributed by atoms with van der Waals surface area (Å²) in [6.07, 6.45) is 0. The van der Waals surface area contributed by atoms with Crippen LogP contribution in [0.15, 0.2) is 48.5 Å². The molecule has 0 radical (unpaired) electrons. The molecule has 0 saturated heterocycles. The highest BCUT2D eigenvalue weighted by Crippen LogP contribution is 2.25. The first kappa shape index (κ1) is 22.5. The molecule has 2 aromatic carbocycles. The Morgan fingerprint density at radius 2 is 1.03 bits per heavy atom. The number of methoxy groups -OCH3 is 1. The first-order valence-corrected chi connectivity index (χ1v) is 9.72. The van der Waals surface area contributed by atoms with Crippen LogP contribution in [0.1, 0.15) is 34.6 Å². The predicted molar refractivity (Wildman–Crippen MR) is 111 cm³/mol. The summed E-state index contributed by atoms with van der Waals surface area (Å²) in [6.45, 7) is 4.04. The van der Waals surface area contributed by atoms with E-state index in [4.69, 9.17) is 23.7 Å². The van der Waals surface area contributed by atoms with E-state index in [0.717, 1.165) is 0 Å². The highest BCUT2D eigenvalue weighted by molar-refractivity contribution is 5.90. The summed E-state index contributed by atoms with van der Waals surface area (Å²) in [7, 11) is 1.39. The highest BCUT2D eigenvalue weighted by Gasteiger charge is 2.13. The van der Waals surface area contributed by atoms with Crippen LogP contribution in [-0.4, -0.2) is 47.2 Å². The first-order chi connectivity index (χ1) is 15.5. The molecule has 0 bridgehead atoms. The molecule has 1 heterocycles. The van der Waals surface area contributed by atoms with Crippen molar-refractivity contribution in [1.82, 2.24) is 15.0 Å². The number of esters is 2. The Kier molecular flexibility index (Phi) is 7.52. The second-order valence-electron chi connectivity index (χ2n) is 6.08. The van der Waals surface area contributed by atoms with Crippen molar-refractivity contribution in [2.45, 2.75) is 13.8 Å². The first-order valence-electron chi connectivity index (χ1n) is 9.72. The third-order valence-electron chi connectivity index (χ3n) is 3.91. The molecule has 0 amide bonds. The molecule has 0 unspecified atom stereocenters. The van der Waals surface area contributed by atoms with Gasteiger partial charge in [0.2, 0.25) is 0 Å². The predicted octanol–water partition coefficient (Wildman–Crippen LogP) is 3.82. The fourth-order valence-corrected chi connectivity index (χ4v) is 2.46. The van der Waals surface area contributed by atoms with E-state index in [1.165, 1.54) is 7.11 Å². The molecule has 0 fully saturated rings. The molecule has 32 heavy (non-hydrogen) atoms. The average Bonchev–Trinajstić information content (AvgIpc) is 2.80. The standard InChI is InChI=1S/C22H21N3O7/c1-4-29-18(26)14-6-10-16(11-7-14)31-21-23-20(28-3)24-22(25-21)32-17-12-8-15(9-13-17)19(27)30-5-2/h6-13H,4-5H2,1-3H3. The normalized spacial score (nSPS) is 10.2. The van der Waals surface area contributed by atoms with Gasteiger partial charge in [-0.3, -0.25) is 0 Å². The number of carbonyl (C=O) groups is 2. The molecule has 0 aliphatic carbocycles. The molecule has 0 atom stereocenters. The minimum absolute atomic E-state index is 0.0173. The monoisotopic (exact) mass is 439 g/mol. The maximum absolute atomic E-state index is 11.8. The molecular formula is C22H21N3O7. The smallest absolute Gasteiger partial charge is 0.338 e. The van der Waals surface area contributed by atoms with Crippen molar-refractivity contribution in [3.63, 3.8) is 0 Å². The Labute approximate surface area is 184 Å². The van der Waals surface area contributed by atoms with Crippen LogP contribution in [0.2, 0.25) is 0 Å². The molecule has 0 spiro atoms. The third-order valence-corrected chi connectivity index (χ3v) is 3.91. The van der Waals surface area contributed by atoms with Crippen LogP contribution in [0.25, 0.3) is 0 Å². The summed E-state index contributed by atoms with van der Waals surface area (Å²) in [6, 6.07) is 12.4. The highest BCUT2D eigenvalue weighted by atomic mass is 16.5. The third kappa shape index (κ3) is 5.91. The molecule has 0 saturated carbocycles. The van der Waals surface area contributed by atoms with E-state index < -0.39 is 11.9 Å². The fourth-order valence-electron chi connectivity index (χ4n) is 2.46. The van der Waals surface area contributed by atoms with Crippen molar-refractivity contribution in [2.24, 2.45) is 0 Å². The van der Waals surface area contributed by atoms with Crippen LogP contribution in [0.5, 0.6) is 29.5 Å². The number of nitrogens with zero attached hydrogens (tertiary/aromatic N) is 3. The Bertz CT molecular complexity index is 988. The summed E-state index contributed by atoms with van der Waals surface area (Å²) in [5, 5.41) is 0. The van der Waals surface area contributed by atoms with E-state index in [-0.39, 0.29) is 31.2 Å². The van der Waals surface area contributed by atoms with Crippen molar-refractivity contribution in [2.75, 3.05) is 20.3 Å². The number of benzene rings is 2. The van der Waals surface area contributed by atoms with E-state index in [1.54, 1.807) is 62.4 Å². The van der Waals surface area contributed by atoms with Gasteiger partial charge in [-0.15, -0.1) is 15.0 Å². The van der Waals surface area contributed by atoms with E-state index in [0.29, 0.717) is 22.6 Å². The molecule has 0 N–H and O–H groups in total. The quantitative estimate of drug-likeness (QED) is 0.455. The van der Waals surface area contributed by atoms with Gasteiger partial charge in [0, 0.05) is 0 Å². The molecule has 0 aliphatic heterocycles. The van der Waals surface area contributed by atoms with Crippen molar-refractivity contribution in [3.8, 4) is 29.5 Å². The lowest BCUT2D eigenvalue weighted by Gasteiger charge is -2.09. The molecular weight excluding hydrogens is 418 g/mol. The Morgan fingerprint density at radius 3 is 1.38 bits per heavy atom. The van der Waals surface area contributed by atoms with Gasteiger partial charge in [0.05, 0.1) is 31.5 Å². The SMILES string of the molecule is CCOC(=O)c1ccc(Oc2nc(OC)nc(Oc3ccc(C(=O)OCC)cc3)n2)cc1. The van der Waals surface area contributed by atoms with Gasteiger partial charge in [-0.05, 0) is 62.4 Å². The minimum atomic E-state index is -0.425. The summed E-state index contributed by atoms with van der Waals surface area (Å²) in [4.78, 5) is 35.7. The maximum Gasteiger partial charge on any atom is 0.338 e. The summed E-state index contributed by atoms with van der Waals surface area (Å²) in [5.41, 5.74) is 0.783. The second kappa shape index (κ2) is 10.7. The second-order valence-corrected chi connectivity index (χ2v) is 6.08. The Hall–Kier alpha value is -4.21. The zero-order valence-corrected chi connectivity index (χ0v) is 17.7. The average molecular weight is 439 g/mol. The van der Waals surface area contributed by atoms with Crippen molar-refractivity contribution in [3.05, 3.63) is 59.7 Å². The number of rotatable bonds is 9. The molecule has 3 rings (SSSR count). The largest absolute Gasteiger partial charge is 0.467 e. The van der Waals surface area contributed by atoms with Crippen LogP contribution >= 0.6 is 0 Å². The minimum Gasteiger partial charge on any atom is -0.467 e. The topological polar surface area (TPSA) is 119 Å². The summed E-state index contributed by atoms with van der Waals surface area (Å²) in [5.74, 6) is -0.0804. The van der Waals surface area contributed by atoms with E-state index in [9.17, 15) is 9.59 Å². The van der Waals surface area contributed by atoms with Gasteiger partial charge in [0.1, 0.15) is 11.5 Å². The van der Waals surface area contributed by atoms with Gasteiger partial charge in [0.15, 0.2) is 0 Å². The molecule has 1 aromatic heterocycles. The van der Waals surface area contributed by atoms with Gasteiger partial charge < -0.3 is 23.7 Å². The number of hydrogen-bond donors (Lipinski definition) is 0.